The molecule has 1 aromatic rings. The van der Waals surface area contributed by atoms with Gasteiger partial charge in [0, 0.05) is 11.6 Å². The molecule has 0 fully saturated rings. The largest absolute Gasteiger partial charge is 0.508 e. The van der Waals surface area contributed by atoms with Crippen molar-refractivity contribution < 1.29 is 14.6 Å². The van der Waals surface area contributed by atoms with Crippen molar-refractivity contribution in [1.82, 2.24) is 5.32 Å². The Kier molecular flexibility index (Phi) is 4.82. The number of phenolic OH excluding ortho intramolecular Hbond substituents is 1. The van der Waals surface area contributed by atoms with E-state index in [-0.39, 0.29) is 24.3 Å². The molecule has 1 rings (SSSR count). The maximum atomic E-state index is 11.5. The second-order valence-corrected chi connectivity index (χ2v) is 4.07. The monoisotopic (exact) mass is 237 g/mol. The zero-order valence-corrected chi connectivity index (χ0v) is 10.5. The van der Waals surface area contributed by atoms with E-state index in [1.807, 2.05) is 13.8 Å². The van der Waals surface area contributed by atoms with Gasteiger partial charge in [0.05, 0.1) is 0 Å². The normalized spacial score (nSPS) is 11.9. The minimum atomic E-state index is -0.151. The lowest BCUT2D eigenvalue weighted by molar-refractivity contribution is -0.123. The molecule has 17 heavy (non-hydrogen) atoms. The molecule has 1 unspecified atom stereocenters. The fourth-order valence-corrected chi connectivity index (χ4v) is 1.32. The van der Waals surface area contributed by atoms with Crippen molar-refractivity contribution in [1.29, 1.82) is 0 Å². The van der Waals surface area contributed by atoms with Gasteiger partial charge in [-0.25, -0.2) is 0 Å². The highest BCUT2D eigenvalue weighted by Gasteiger charge is 2.08. The number of amides is 1. The quantitative estimate of drug-likeness (QED) is 0.823. The van der Waals surface area contributed by atoms with Gasteiger partial charge in [0.2, 0.25) is 0 Å². The summed E-state index contributed by atoms with van der Waals surface area (Å²) in [6.45, 7) is 5.66. The maximum absolute atomic E-state index is 11.5. The first-order valence-electron chi connectivity index (χ1n) is 5.75. The van der Waals surface area contributed by atoms with E-state index in [4.69, 9.17) is 4.74 Å². The van der Waals surface area contributed by atoms with Crippen LogP contribution in [0.15, 0.2) is 18.2 Å². The minimum Gasteiger partial charge on any atom is -0.508 e. The average Bonchev–Trinajstić information content (AvgIpc) is 2.31. The van der Waals surface area contributed by atoms with Gasteiger partial charge in [-0.1, -0.05) is 13.0 Å². The van der Waals surface area contributed by atoms with Crippen molar-refractivity contribution in [2.75, 3.05) is 6.61 Å². The predicted molar refractivity (Wildman–Crippen MR) is 66.2 cm³/mol. The molecule has 0 radical (unpaired) electrons. The Morgan fingerprint density at radius 2 is 2.24 bits per heavy atom. The van der Waals surface area contributed by atoms with Crippen LogP contribution in [0.5, 0.6) is 11.5 Å². The van der Waals surface area contributed by atoms with E-state index in [2.05, 4.69) is 5.32 Å². The topological polar surface area (TPSA) is 58.6 Å². The summed E-state index contributed by atoms with van der Waals surface area (Å²) in [5.74, 6) is 0.552. The molecule has 1 amide bonds. The molecule has 0 aliphatic heterocycles. The molecule has 0 heterocycles. The third kappa shape index (κ3) is 3.98. The van der Waals surface area contributed by atoms with Crippen LogP contribution in [-0.4, -0.2) is 23.7 Å². The maximum Gasteiger partial charge on any atom is 0.258 e. The third-order valence-corrected chi connectivity index (χ3v) is 2.63. The van der Waals surface area contributed by atoms with Crippen molar-refractivity contribution in [3.8, 4) is 11.5 Å². The van der Waals surface area contributed by atoms with E-state index in [1.165, 1.54) is 0 Å². The van der Waals surface area contributed by atoms with Crippen LogP contribution in [-0.2, 0) is 4.79 Å². The summed E-state index contributed by atoms with van der Waals surface area (Å²) in [7, 11) is 0. The summed E-state index contributed by atoms with van der Waals surface area (Å²) in [6, 6.07) is 5.15. The zero-order valence-electron chi connectivity index (χ0n) is 10.5. The highest BCUT2D eigenvalue weighted by atomic mass is 16.5. The molecular formula is C13H19NO3. The Labute approximate surface area is 102 Å². The first-order valence-corrected chi connectivity index (χ1v) is 5.75. The molecule has 0 aromatic heterocycles. The van der Waals surface area contributed by atoms with Gasteiger partial charge >= 0.3 is 0 Å². The van der Waals surface area contributed by atoms with Crippen LogP contribution in [0.2, 0.25) is 0 Å². The Bertz CT molecular complexity index is 390. The number of rotatable bonds is 5. The molecule has 94 valence electrons. The molecule has 1 atom stereocenters. The van der Waals surface area contributed by atoms with Gasteiger partial charge in [-0.15, -0.1) is 0 Å². The lowest BCUT2D eigenvalue weighted by atomic mass is 10.2. The van der Waals surface area contributed by atoms with Crippen molar-refractivity contribution in [3.05, 3.63) is 23.8 Å². The molecule has 2 N–H and O–H groups in total. The van der Waals surface area contributed by atoms with E-state index in [0.29, 0.717) is 11.3 Å². The lowest BCUT2D eigenvalue weighted by Crippen LogP contribution is -2.35. The van der Waals surface area contributed by atoms with Crippen LogP contribution in [0.4, 0.5) is 0 Å². The highest BCUT2D eigenvalue weighted by Crippen LogP contribution is 2.25. The molecule has 0 saturated carbocycles. The van der Waals surface area contributed by atoms with Crippen LogP contribution >= 0.6 is 0 Å². The molecule has 0 aliphatic carbocycles. The molecule has 0 bridgehead atoms. The molecule has 1 aromatic carbocycles. The van der Waals surface area contributed by atoms with Crippen molar-refractivity contribution in [2.45, 2.75) is 33.2 Å². The van der Waals surface area contributed by atoms with Gasteiger partial charge in [0.1, 0.15) is 11.5 Å². The summed E-state index contributed by atoms with van der Waals surface area (Å²) < 4.78 is 5.35. The van der Waals surface area contributed by atoms with E-state index in [1.54, 1.807) is 25.1 Å². The number of carbonyl (C=O) groups excluding carboxylic acids is 1. The Morgan fingerprint density at radius 3 is 2.88 bits per heavy atom. The van der Waals surface area contributed by atoms with Crippen LogP contribution in [0.1, 0.15) is 25.8 Å². The van der Waals surface area contributed by atoms with Gasteiger partial charge in [-0.3, -0.25) is 4.79 Å². The summed E-state index contributed by atoms with van der Waals surface area (Å²) in [5.41, 5.74) is 0.642. The Morgan fingerprint density at radius 1 is 1.53 bits per heavy atom. The Balaban J connectivity index is 2.50. The van der Waals surface area contributed by atoms with Gasteiger partial charge in [-0.05, 0) is 32.4 Å². The van der Waals surface area contributed by atoms with Crippen molar-refractivity contribution >= 4 is 5.91 Å². The first-order chi connectivity index (χ1) is 8.04. The first kappa shape index (κ1) is 13.4. The number of hydrogen-bond donors (Lipinski definition) is 2. The van der Waals surface area contributed by atoms with E-state index in [9.17, 15) is 9.90 Å². The fourth-order valence-electron chi connectivity index (χ4n) is 1.32. The summed E-state index contributed by atoms with van der Waals surface area (Å²) in [4.78, 5) is 11.5. The molecule has 0 saturated heterocycles. The second-order valence-electron chi connectivity index (χ2n) is 4.07. The third-order valence-electron chi connectivity index (χ3n) is 2.63. The SMILES string of the molecule is CCC(C)NC(=O)COc1cccc(O)c1C. The summed E-state index contributed by atoms with van der Waals surface area (Å²) in [5, 5.41) is 12.3. The number of ether oxygens (including phenoxy) is 1. The number of nitrogens with one attached hydrogen (secondary N) is 1. The fraction of sp³-hybridized carbons (Fsp3) is 0.462. The van der Waals surface area contributed by atoms with Gasteiger partial charge in [0.15, 0.2) is 6.61 Å². The van der Waals surface area contributed by atoms with Crippen LogP contribution in [0.25, 0.3) is 0 Å². The standard InChI is InChI=1S/C13H19NO3/c1-4-9(2)14-13(16)8-17-12-7-5-6-11(15)10(12)3/h5-7,9,15H,4,8H2,1-3H3,(H,14,16). The van der Waals surface area contributed by atoms with Crippen molar-refractivity contribution in [2.24, 2.45) is 0 Å². The molecule has 4 heteroatoms. The van der Waals surface area contributed by atoms with E-state index >= 15 is 0 Å². The lowest BCUT2D eigenvalue weighted by Gasteiger charge is -2.13. The number of aromatic hydroxyl groups is 1. The number of benzene rings is 1. The van der Waals surface area contributed by atoms with Gasteiger partial charge in [-0.2, -0.15) is 0 Å². The molecule has 0 aliphatic rings. The van der Waals surface area contributed by atoms with E-state index in [0.717, 1.165) is 6.42 Å². The molecule has 0 spiro atoms. The van der Waals surface area contributed by atoms with Gasteiger partial charge < -0.3 is 15.2 Å². The number of carbonyl (C=O) groups is 1. The molecular weight excluding hydrogens is 218 g/mol. The van der Waals surface area contributed by atoms with Gasteiger partial charge in [0.25, 0.3) is 5.91 Å². The summed E-state index contributed by atoms with van der Waals surface area (Å²) >= 11 is 0. The number of hydrogen-bond acceptors (Lipinski definition) is 3. The van der Waals surface area contributed by atoms with Crippen LogP contribution in [0, 0.1) is 6.92 Å². The molecule has 4 nitrogen and oxygen atoms in total. The van der Waals surface area contributed by atoms with Crippen molar-refractivity contribution in [3.63, 3.8) is 0 Å². The Hall–Kier alpha value is -1.71. The summed E-state index contributed by atoms with van der Waals surface area (Å²) in [6.07, 6.45) is 0.886. The second kappa shape index (κ2) is 6.13. The van der Waals surface area contributed by atoms with Crippen LogP contribution in [0.3, 0.4) is 0 Å². The van der Waals surface area contributed by atoms with E-state index < -0.39 is 0 Å². The number of phenols is 1. The minimum absolute atomic E-state index is 0.0331. The smallest absolute Gasteiger partial charge is 0.258 e. The average molecular weight is 237 g/mol. The van der Waals surface area contributed by atoms with Crippen LogP contribution < -0.4 is 10.1 Å². The zero-order chi connectivity index (χ0) is 12.8. The highest BCUT2D eigenvalue weighted by molar-refractivity contribution is 5.77. The predicted octanol–water partition coefficient (Wildman–Crippen LogP) is 1.99.